The number of carbonyl (C=O) groups excluding carboxylic acids is 1. The molecule has 0 saturated carbocycles. The van der Waals surface area contributed by atoms with Crippen molar-refractivity contribution in [3.63, 3.8) is 0 Å². The van der Waals surface area contributed by atoms with E-state index in [4.69, 9.17) is 5.53 Å². The molecule has 1 amide bonds. The molecule has 0 atom stereocenters. The van der Waals surface area contributed by atoms with Crippen LogP contribution in [0.3, 0.4) is 0 Å². The summed E-state index contributed by atoms with van der Waals surface area (Å²) in [6, 6.07) is 0. The van der Waals surface area contributed by atoms with Crippen molar-refractivity contribution >= 4 is 17.8 Å². The van der Waals surface area contributed by atoms with Gasteiger partial charge in [0.1, 0.15) is 6.21 Å². The van der Waals surface area contributed by atoms with E-state index in [1.807, 2.05) is 0 Å². The maximum absolute atomic E-state index is 10.3. The number of nitrogens with one attached hydrogen (secondary N) is 1. The standard InChI is InChI=1S/C3H2N4O/c4-6-2-1-5-7-3(2)8/h1H,(H,7,8). The normalized spacial score (nSPS) is 16.0. The van der Waals surface area contributed by atoms with Gasteiger partial charge in [0, 0.05) is 0 Å². The molecule has 5 nitrogen and oxygen atoms in total. The van der Waals surface area contributed by atoms with Crippen molar-refractivity contribution in [2.75, 3.05) is 0 Å². The summed E-state index contributed by atoms with van der Waals surface area (Å²) in [5, 5.41) is 3.30. The fourth-order valence-electron chi connectivity index (χ4n) is 0.339. The third-order valence-electron chi connectivity index (χ3n) is 0.693. The first-order chi connectivity index (χ1) is 3.84. The number of hydrazone groups is 1. The number of hydrogen-bond acceptors (Lipinski definition) is 2. The van der Waals surface area contributed by atoms with Gasteiger partial charge in [-0.3, -0.25) is 4.79 Å². The van der Waals surface area contributed by atoms with Crippen LogP contribution >= 0.6 is 0 Å². The van der Waals surface area contributed by atoms with Gasteiger partial charge in [0.15, 0.2) is 0 Å². The second kappa shape index (κ2) is 1.55. The van der Waals surface area contributed by atoms with Crippen molar-refractivity contribution in [3.05, 3.63) is 5.53 Å². The van der Waals surface area contributed by atoms with E-state index in [9.17, 15) is 4.79 Å². The van der Waals surface area contributed by atoms with Crippen molar-refractivity contribution in [1.29, 1.82) is 0 Å². The van der Waals surface area contributed by atoms with E-state index < -0.39 is 5.91 Å². The zero-order valence-corrected chi connectivity index (χ0v) is 3.83. The molecule has 1 N–H and O–H groups in total. The van der Waals surface area contributed by atoms with Crippen LogP contribution in [-0.2, 0) is 4.79 Å². The fraction of sp³-hybridized carbons (Fsp3) is 0. The predicted molar refractivity (Wildman–Crippen MR) is 25.3 cm³/mol. The number of nitrogens with zero attached hydrogens (tertiary/aromatic N) is 3. The quantitative estimate of drug-likeness (QED) is 0.307. The molecule has 1 aliphatic heterocycles. The summed E-state index contributed by atoms with van der Waals surface area (Å²) in [6.45, 7) is 0. The van der Waals surface area contributed by atoms with E-state index in [2.05, 4.69) is 15.3 Å². The summed E-state index contributed by atoms with van der Waals surface area (Å²) < 4.78 is 0. The zero-order chi connectivity index (χ0) is 5.98. The Morgan fingerprint density at radius 3 is 2.88 bits per heavy atom. The molecule has 0 fully saturated rings. The van der Waals surface area contributed by atoms with Crippen molar-refractivity contribution in [1.82, 2.24) is 5.43 Å². The third-order valence-corrected chi connectivity index (χ3v) is 0.693. The Kier molecular flexibility index (Phi) is 0.908. The van der Waals surface area contributed by atoms with Gasteiger partial charge in [0.25, 0.3) is 0 Å². The van der Waals surface area contributed by atoms with Crippen LogP contribution in [0.4, 0.5) is 0 Å². The number of carbonyl (C=O) groups is 1. The first-order valence-electron chi connectivity index (χ1n) is 1.90. The Morgan fingerprint density at radius 1 is 1.88 bits per heavy atom. The molecular formula is C3H2N4O. The smallest absolute Gasteiger partial charge is 0.360 e. The third kappa shape index (κ3) is 0.506. The second-order valence-electron chi connectivity index (χ2n) is 1.18. The van der Waals surface area contributed by atoms with Gasteiger partial charge in [-0.15, -0.1) is 0 Å². The van der Waals surface area contributed by atoms with E-state index in [0.29, 0.717) is 0 Å². The first-order valence-corrected chi connectivity index (χ1v) is 1.90. The minimum Gasteiger partial charge on any atom is -0.360 e. The fourth-order valence-corrected chi connectivity index (χ4v) is 0.339. The molecule has 8 heavy (non-hydrogen) atoms. The van der Waals surface area contributed by atoms with E-state index in [0.717, 1.165) is 6.21 Å². The topological polar surface area (TPSA) is 77.9 Å². The Balaban J connectivity index is 2.99. The Labute approximate surface area is 44.6 Å². The van der Waals surface area contributed by atoms with Crippen LogP contribution in [0.2, 0.25) is 0 Å². The molecule has 0 aromatic heterocycles. The molecule has 1 aliphatic rings. The lowest BCUT2D eigenvalue weighted by Crippen LogP contribution is -2.19. The summed E-state index contributed by atoms with van der Waals surface area (Å²) in [5.74, 6) is -0.479. The van der Waals surface area contributed by atoms with Crippen LogP contribution in [0.15, 0.2) is 5.10 Å². The summed E-state index contributed by atoms with van der Waals surface area (Å²) in [6.07, 6.45) is 1.14. The minimum absolute atomic E-state index is 0.0648. The molecule has 0 aliphatic carbocycles. The maximum Gasteiger partial charge on any atom is 0.400 e. The van der Waals surface area contributed by atoms with Crippen LogP contribution < -0.4 is 5.43 Å². The van der Waals surface area contributed by atoms with Gasteiger partial charge in [0.2, 0.25) is 0 Å². The van der Waals surface area contributed by atoms with E-state index in [1.165, 1.54) is 0 Å². The maximum atomic E-state index is 10.3. The van der Waals surface area contributed by atoms with Gasteiger partial charge in [-0.2, -0.15) is 9.89 Å². The molecule has 0 spiro atoms. The molecule has 0 radical (unpaired) electrons. The molecule has 0 unspecified atom stereocenters. The molecule has 0 aromatic carbocycles. The highest BCUT2D eigenvalue weighted by Crippen LogP contribution is 1.76. The highest BCUT2D eigenvalue weighted by molar-refractivity contribution is 6.60. The van der Waals surface area contributed by atoms with Crippen LogP contribution in [0.25, 0.3) is 5.53 Å². The average Bonchev–Trinajstić information content (AvgIpc) is 2.14. The van der Waals surface area contributed by atoms with E-state index >= 15 is 0 Å². The average molecular weight is 110 g/mol. The molecule has 40 valence electrons. The summed E-state index contributed by atoms with van der Waals surface area (Å²) in [7, 11) is 0. The summed E-state index contributed by atoms with van der Waals surface area (Å²) in [5.41, 5.74) is 9.97. The monoisotopic (exact) mass is 110 g/mol. The van der Waals surface area contributed by atoms with Crippen LogP contribution in [0, 0.1) is 0 Å². The number of hydrogen-bond donors (Lipinski definition) is 1. The lowest BCUT2D eigenvalue weighted by molar-refractivity contribution is -0.118. The Morgan fingerprint density at radius 2 is 2.62 bits per heavy atom. The summed E-state index contributed by atoms with van der Waals surface area (Å²) in [4.78, 5) is 12.9. The van der Waals surface area contributed by atoms with Gasteiger partial charge in [-0.05, 0) is 0 Å². The van der Waals surface area contributed by atoms with Gasteiger partial charge in [0.05, 0.1) is 0 Å². The SMILES string of the molecule is [N-]=[N+]=C1C=NNC1=O. The number of rotatable bonds is 0. The molecule has 5 heteroatoms. The lowest BCUT2D eigenvalue weighted by Gasteiger charge is -1.73. The van der Waals surface area contributed by atoms with Crippen LogP contribution in [0.5, 0.6) is 0 Å². The Bertz CT molecular complexity index is 199. The largest absolute Gasteiger partial charge is 0.400 e. The van der Waals surface area contributed by atoms with Crippen molar-refractivity contribution in [3.8, 4) is 0 Å². The first kappa shape index (κ1) is 4.67. The van der Waals surface area contributed by atoms with Crippen LogP contribution in [0.1, 0.15) is 0 Å². The molecule has 1 rings (SSSR count). The second-order valence-corrected chi connectivity index (χ2v) is 1.18. The Hall–Kier alpha value is -1.48. The highest BCUT2D eigenvalue weighted by atomic mass is 16.2. The van der Waals surface area contributed by atoms with Gasteiger partial charge >= 0.3 is 11.6 Å². The number of amides is 1. The summed E-state index contributed by atoms with van der Waals surface area (Å²) >= 11 is 0. The van der Waals surface area contributed by atoms with Crippen LogP contribution in [-0.4, -0.2) is 22.6 Å². The van der Waals surface area contributed by atoms with E-state index in [1.54, 1.807) is 0 Å². The highest BCUT2D eigenvalue weighted by Gasteiger charge is 2.21. The minimum atomic E-state index is -0.479. The zero-order valence-electron chi connectivity index (χ0n) is 3.83. The molecule has 1 heterocycles. The van der Waals surface area contributed by atoms with Crippen molar-refractivity contribution in [2.24, 2.45) is 5.10 Å². The van der Waals surface area contributed by atoms with Crippen molar-refractivity contribution < 1.29 is 9.58 Å². The van der Waals surface area contributed by atoms with Gasteiger partial charge in [-0.25, -0.2) is 5.43 Å². The molecule has 0 aromatic rings. The predicted octanol–water partition coefficient (Wildman–Crippen LogP) is -1.23. The lowest BCUT2D eigenvalue weighted by atomic mass is 10.4. The molecular weight excluding hydrogens is 108 g/mol. The molecule has 0 saturated heterocycles. The van der Waals surface area contributed by atoms with E-state index in [-0.39, 0.29) is 5.71 Å². The van der Waals surface area contributed by atoms with Crippen molar-refractivity contribution in [2.45, 2.75) is 0 Å². The van der Waals surface area contributed by atoms with Gasteiger partial charge in [-0.1, -0.05) is 0 Å². The van der Waals surface area contributed by atoms with Gasteiger partial charge < -0.3 is 5.53 Å². The molecule has 0 bridgehead atoms.